The molecule has 0 saturated heterocycles. The number of carbonyl (C=O) groups is 1. The summed E-state index contributed by atoms with van der Waals surface area (Å²) >= 11 is 1.39. The molecular weight excluding hydrogens is 290 g/mol. The first-order valence-corrected chi connectivity index (χ1v) is 7.14. The zero-order chi connectivity index (χ0) is 15.0. The van der Waals surface area contributed by atoms with Crippen molar-refractivity contribution in [2.45, 2.75) is 10.3 Å². The van der Waals surface area contributed by atoms with Crippen LogP contribution in [0, 0.1) is 0 Å². The molecule has 6 heteroatoms. The van der Waals surface area contributed by atoms with E-state index in [4.69, 9.17) is 4.74 Å². The van der Waals surface area contributed by atoms with Gasteiger partial charge in [0.15, 0.2) is 0 Å². The van der Waals surface area contributed by atoms with Gasteiger partial charge in [-0.2, -0.15) is 0 Å². The number of para-hydroxylation sites is 1. The highest BCUT2D eigenvalue weighted by molar-refractivity contribution is 8.00. The molecule has 0 aliphatic carbocycles. The second-order valence-electron chi connectivity index (χ2n) is 4.52. The van der Waals surface area contributed by atoms with Gasteiger partial charge in [-0.25, -0.2) is 4.79 Å². The largest absolute Gasteiger partial charge is 0.508 e. The van der Waals surface area contributed by atoms with Crippen molar-refractivity contribution in [2.75, 3.05) is 12.0 Å². The van der Waals surface area contributed by atoms with Crippen LogP contribution in [0.2, 0.25) is 0 Å². The Morgan fingerprint density at radius 1 is 1.29 bits per heavy atom. The number of phenols is 1. The molecular formula is C15H13NO4S. The first-order valence-electron chi connectivity index (χ1n) is 6.26. The van der Waals surface area contributed by atoms with Crippen LogP contribution in [-0.4, -0.2) is 23.4 Å². The Morgan fingerprint density at radius 3 is 2.76 bits per heavy atom. The summed E-state index contributed by atoms with van der Waals surface area (Å²) in [6.07, 6.45) is -1.06. The number of hydrogen-bond acceptors (Lipinski definition) is 4. The zero-order valence-electron chi connectivity index (χ0n) is 11.2. The van der Waals surface area contributed by atoms with E-state index in [1.54, 1.807) is 24.3 Å². The van der Waals surface area contributed by atoms with E-state index >= 15 is 0 Å². The quantitative estimate of drug-likeness (QED) is 0.885. The van der Waals surface area contributed by atoms with E-state index in [1.165, 1.54) is 29.8 Å². The number of hydrogen-bond donors (Lipinski definition) is 2. The maximum absolute atomic E-state index is 11.6. The molecule has 108 valence electrons. The number of amides is 1. The van der Waals surface area contributed by atoms with Crippen molar-refractivity contribution in [3.63, 3.8) is 0 Å². The van der Waals surface area contributed by atoms with Gasteiger partial charge in [-0.15, -0.1) is 0 Å². The third-order valence-electron chi connectivity index (χ3n) is 3.30. The monoisotopic (exact) mass is 303 g/mol. The fourth-order valence-electron chi connectivity index (χ4n) is 2.32. The van der Waals surface area contributed by atoms with Crippen molar-refractivity contribution >= 4 is 23.5 Å². The summed E-state index contributed by atoms with van der Waals surface area (Å²) in [6, 6.07) is 12.1. The average Bonchev–Trinajstić information content (AvgIpc) is 2.87. The molecule has 1 amide bonds. The summed E-state index contributed by atoms with van der Waals surface area (Å²) in [5.74, 6) is 0.622. The molecule has 2 aromatic rings. The van der Waals surface area contributed by atoms with Crippen LogP contribution in [0.3, 0.4) is 0 Å². The number of phenolic OH excluding ortho intramolecular Hbond substituents is 1. The molecule has 0 radical (unpaired) electrons. The van der Waals surface area contributed by atoms with Crippen LogP contribution in [0.1, 0.15) is 10.9 Å². The van der Waals surface area contributed by atoms with E-state index in [9.17, 15) is 15.0 Å². The average molecular weight is 303 g/mol. The Morgan fingerprint density at radius 2 is 2.05 bits per heavy atom. The maximum Gasteiger partial charge on any atom is 0.413 e. The van der Waals surface area contributed by atoms with Crippen molar-refractivity contribution < 1.29 is 19.7 Å². The summed E-state index contributed by atoms with van der Waals surface area (Å²) in [7, 11) is 1.53. The maximum atomic E-state index is 11.6. The van der Waals surface area contributed by atoms with Crippen molar-refractivity contribution in [3.8, 4) is 11.5 Å². The highest BCUT2D eigenvalue weighted by Gasteiger charge is 2.37. The molecule has 21 heavy (non-hydrogen) atoms. The van der Waals surface area contributed by atoms with Gasteiger partial charge in [0, 0.05) is 10.5 Å². The number of carboxylic acid groups (broad SMARTS) is 1. The van der Waals surface area contributed by atoms with Crippen LogP contribution in [0.4, 0.5) is 10.5 Å². The Kier molecular flexibility index (Phi) is 3.39. The summed E-state index contributed by atoms with van der Waals surface area (Å²) < 4.78 is 5.16. The molecule has 5 nitrogen and oxygen atoms in total. The molecule has 2 aromatic carbocycles. The lowest BCUT2D eigenvalue weighted by molar-refractivity contribution is 0.201. The smallest absolute Gasteiger partial charge is 0.413 e. The fourth-order valence-corrected chi connectivity index (χ4v) is 3.63. The normalized spacial score (nSPS) is 16.6. The number of aromatic hydroxyl groups is 1. The van der Waals surface area contributed by atoms with Crippen molar-refractivity contribution in [3.05, 3.63) is 48.0 Å². The number of ether oxygens (including phenoxy) is 1. The van der Waals surface area contributed by atoms with Gasteiger partial charge in [0.2, 0.25) is 0 Å². The van der Waals surface area contributed by atoms with Gasteiger partial charge < -0.3 is 14.9 Å². The molecule has 0 spiro atoms. The van der Waals surface area contributed by atoms with Crippen LogP contribution in [0.25, 0.3) is 0 Å². The second-order valence-corrected chi connectivity index (χ2v) is 5.64. The Labute approximate surface area is 125 Å². The molecule has 1 unspecified atom stereocenters. The summed E-state index contributed by atoms with van der Waals surface area (Å²) in [5.41, 5.74) is 1.14. The fraction of sp³-hybridized carbons (Fsp3) is 0.133. The van der Waals surface area contributed by atoms with E-state index in [2.05, 4.69) is 0 Å². The molecule has 0 saturated carbocycles. The topological polar surface area (TPSA) is 70.0 Å². The lowest BCUT2D eigenvalue weighted by atomic mass is 10.1. The lowest BCUT2D eigenvalue weighted by Gasteiger charge is -2.22. The van der Waals surface area contributed by atoms with Crippen LogP contribution in [0.5, 0.6) is 11.5 Å². The first-order chi connectivity index (χ1) is 10.1. The Hall–Kier alpha value is -2.34. The third-order valence-corrected chi connectivity index (χ3v) is 4.59. The van der Waals surface area contributed by atoms with Gasteiger partial charge in [-0.1, -0.05) is 23.9 Å². The van der Waals surface area contributed by atoms with Crippen LogP contribution in [-0.2, 0) is 0 Å². The van der Waals surface area contributed by atoms with Gasteiger partial charge in [0.25, 0.3) is 0 Å². The number of rotatable bonds is 2. The van der Waals surface area contributed by atoms with E-state index in [-0.39, 0.29) is 5.75 Å². The summed E-state index contributed by atoms with van der Waals surface area (Å²) in [5, 5.41) is 19.1. The highest BCUT2D eigenvalue weighted by atomic mass is 32.2. The Bertz CT molecular complexity index is 704. The van der Waals surface area contributed by atoms with Crippen LogP contribution >= 0.6 is 11.8 Å². The number of nitrogens with zero attached hydrogens (tertiary/aromatic N) is 1. The molecule has 3 rings (SSSR count). The minimum absolute atomic E-state index is 0.0485. The number of anilines is 1. The summed E-state index contributed by atoms with van der Waals surface area (Å²) in [6.45, 7) is 0. The molecule has 2 N–H and O–H groups in total. The van der Waals surface area contributed by atoms with Gasteiger partial charge >= 0.3 is 6.09 Å². The van der Waals surface area contributed by atoms with Gasteiger partial charge in [0.05, 0.1) is 12.8 Å². The minimum Gasteiger partial charge on any atom is -0.508 e. The van der Waals surface area contributed by atoms with Gasteiger partial charge in [0.1, 0.15) is 16.9 Å². The van der Waals surface area contributed by atoms with Crippen molar-refractivity contribution in [1.29, 1.82) is 0 Å². The predicted molar refractivity (Wildman–Crippen MR) is 80.2 cm³/mol. The van der Waals surface area contributed by atoms with Gasteiger partial charge in [-0.3, -0.25) is 4.90 Å². The van der Waals surface area contributed by atoms with E-state index < -0.39 is 11.5 Å². The molecule has 1 atom stereocenters. The number of benzene rings is 2. The first kappa shape index (κ1) is 13.6. The predicted octanol–water partition coefficient (Wildman–Crippen LogP) is 3.69. The van der Waals surface area contributed by atoms with Gasteiger partial charge in [-0.05, 0) is 30.3 Å². The number of methoxy groups -OCH3 is 1. The molecule has 1 heterocycles. The molecule has 1 aliphatic rings. The lowest BCUT2D eigenvalue weighted by Crippen LogP contribution is -2.29. The molecule has 0 fully saturated rings. The number of fused-ring (bicyclic) bond motifs is 1. The third kappa shape index (κ3) is 2.27. The number of thioether (sulfide) groups is 1. The van der Waals surface area contributed by atoms with Crippen molar-refractivity contribution in [1.82, 2.24) is 0 Å². The molecule has 0 aromatic heterocycles. The summed E-state index contributed by atoms with van der Waals surface area (Å²) in [4.78, 5) is 13.7. The standard InChI is InChI=1S/C15H13NO4S/c1-20-9-6-7-12(17)10(8-9)14-16(15(18)19)11-4-2-3-5-13(11)21-14/h2-8,14,17H,1H3,(H,18,19). The SMILES string of the molecule is COc1ccc(O)c(C2Sc3ccccc3N2C(=O)O)c1. The zero-order valence-corrected chi connectivity index (χ0v) is 12.0. The van der Waals surface area contributed by atoms with Crippen LogP contribution < -0.4 is 9.64 Å². The van der Waals surface area contributed by atoms with Crippen molar-refractivity contribution in [2.24, 2.45) is 0 Å². The molecule has 0 bridgehead atoms. The van der Waals surface area contributed by atoms with E-state index in [0.717, 1.165) is 4.90 Å². The van der Waals surface area contributed by atoms with E-state index in [1.807, 2.05) is 12.1 Å². The Balaban J connectivity index is 2.09. The van der Waals surface area contributed by atoms with E-state index in [0.29, 0.717) is 17.0 Å². The highest BCUT2D eigenvalue weighted by Crippen LogP contribution is 2.53. The minimum atomic E-state index is -1.06. The van der Waals surface area contributed by atoms with Crippen LogP contribution in [0.15, 0.2) is 47.4 Å². The second kappa shape index (κ2) is 5.21. The molecule has 1 aliphatic heterocycles.